The Bertz CT molecular complexity index is 2150. The van der Waals surface area contributed by atoms with Crippen molar-refractivity contribution in [2.75, 3.05) is 6.61 Å². The van der Waals surface area contributed by atoms with Crippen LogP contribution in [0.3, 0.4) is 0 Å². The molecule has 8 nitrogen and oxygen atoms in total. The van der Waals surface area contributed by atoms with Crippen LogP contribution in [0.25, 0.3) is 22.1 Å². The fraction of sp³-hybridized carbons (Fsp3) is 0.415. The van der Waals surface area contributed by atoms with Crippen LogP contribution in [0.1, 0.15) is 138 Å². The van der Waals surface area contributed by atoms with Gasteiger partial charge in [0.2, 0.25) is 0 Å². The Morgan fingerprint density at radius 2 is 1.68 bits per heavy atom. The lowest BCUT2D eigenvalue weighted by atomic mass is 9.86. The third kappa shape index (κ3) is 6.21. The number of nitrogens with one attached hydrogen (secondary N) is 2. The summed E-state index contributed by atoms with van der Waals surface area (Å²) in [6, 6.07) is 15.0. The number of carbonyl (C=O) groups excluding carboxylic acids is 2. The third-order valence-corrected chi connectivity index (χ3v) is 11.9. The molecule has 8 bridgehead atoms. The number of fused-ring (bicyclic) bond motifs is 8. The number of rotatable bonds is 10. The molecule has 5 heterocycles. The van der Waals surface area contributed by atoms with E-state index in [-0.39, 0.29) is 35.6 Å². The summed E-state index contributed by atoms with van der Waals surface area (Å²) in [6.45, 7) is 14.4. The number of hydrogen-bond donors (Lipinski definition) is 2. The standard InChI is InChI=1S/C41H45IN4O4/c1-7-28-21(2)31-18-36-38(25(6)50-19-26-10-8-11-27(42)14-26)23(4)33(44-36)16-32-22(3)29(12-9-13-49-20-47)40(45-32)30-15-37(48)39-24(5)34(46-41(30)39)17-35(28)43-31/h8,10-11,14,16-18,20-22,25,28-29,44,46H,7,9,12-13,15,19H2,1-6H3/t21?,22-,25?,28?,29-/m0/s1/i42-3. The van der Waals surface area contributed by atoms with E-state index in [1.165, 1.54) is 3.57 Å². The zero-order valence-electron chi connectivity index (χ0n) is 29.7. The van der Waals surface area contributed by atoms with E-state index in [2.05, 4.69) is 110 Å². The summed E-state index contributed by atoms with van der Waals surface area (Å²) in [4.78, 5) is 42.6. The zero-order chi connectivity index (χ0) is 35.3. The van der Waals surface area contributed by atoms with E-state index in [4.69, 9.17) is 19.4 Å². The molecule has 4 aromatic rings. The van der Waals surface area contributed by atoms with E-state index in [1.54, 1.807) is 0 Å². The first-order valence-electron chi connectivity index (χ1n) is 17.8. The molecule has 2 N–H and O–H groups in total. The van der Waals surface area contributed by atoms with Gasteiger partial charge < -0.3 is 19.4 Å². The molecule has 0 spiro atoms. The van der Waals surface area contributed by atoms with Gasteiger partial charge in [-0.25, -0.2) is 0 Å². The molecular formula is C41H45IN4O4. The second kappa shape index (κ2) is 14.1. The highest BCUT2D eigenvalue weighted by Gasteiger charge is 2.36. The molecule has 0 radical (unpaired) electrons. The van der Waals surface area contributed by atoms with Gasteiger partial charge in [0.05, 0.1) is 30.5 Å². The van der Waals surface area contributed by atoms with E-state index in [9.17, 15) is 9.59 Å². The van der Waals surface area contributed by atoms with Crippen LogP contribution in [-0.4, -0.2) is 38.8 Å². The second-order valence-corrected chi connectivity index (χ2v) is 15.4. The van der Waals surface area contributed by atoms with Gasteiger partial charge in [0.25, 0.3) is 6.47 Å². The number of hydrogen-bond acceptors (Lipinski definition) is 6. The number of H-pyrrole nitrogens is 2. The van der Waals surface area contributed by atoms with Crippen molar-refractivity contribution in [3.8, 4) is 0 Å². The average Bonchev–Trinajstić information content (AvgIpc) is 3.84. The quantitative estimate of drug-likeness (QED) is 0.0943. The normalized spacial score (nSPS) is 20.3. The Hall–Kier alpha value is -3.83. The molecule has 50 heavy (non-hydrogen) atoms. The number of Topliss-reactive ketones (excluding diaryl/α,β-unsaturated/α-hetero) is 1. The first kappa shape index (κ1) is 34.6. The van der Waals surface area contributed by atoms with Crippen LogP contribution in [-0.2, 0) is 27.3 Å². The van der Waals surface area contributed by atoms with E-state index >= 15 is 0 Å². The van der Waals surface area contributed by atoms with Gasteiger partial charge in [0, 0.05) is 84.0 Å². The molecule has 5 atom stereocenters. The van der Waals surface area contributed by atoms with Crippen LogP contribution in [0.4, 0.5) is 0 Å². The lowest BCUT2D eigenvalue weighted by Gasteiger charge is -2.17. The summed E-state index contributed by atoms with van der Waals surface area (Å²) in [5, 5.41) is 0. The minimum atomic E-state index is -0.178. The lowest BCUT2D eigenvalue weighted by molar-refractivity contribution is -0.128. The summed E-state index contributed by atoms with van der Waals surface area (Å²) in [6.07, 6.45) is 2.61. The highest BCUT2D eigenvalue weighted by atomic mass is 124. The van der Waals surface area contributed by atoms with Crippen LogP contribution in [0.2, 0.25) is 0 Å². The second-order valence-electron chi connectivity index (χ2n) is 14.2. The SMILES string of the molecule is CCC1c2cc3[nH]c4c(c5nc(cc6[nH]c(cc(n2)C1C)c(C(C)OCc1cccc([124I])c1)c6C)[C@@H](C)[C@@H]5CCCOC=O)CC(=O)c4c3C. The Kier molecular flexibility index (Phi) is 9.73. The number of ketones is 1. The number of carbonyl (C=O) groups is 2. The van der Waals surface area contributed by atoms with Gasteiger partial charge in [-0.05, 0) is 110 Å². The minimum Gasteiger partial charge on any atom is -0.468 e. The highest BCUT2D eigenvalue weighted by molar-refractivity contribution is 14.1. The monoisotopic (exact) mass is 781 g/mol. The Morgan fingerprint density at radius 1 is 0.960 bits per heavy atom. The molecule has 0 fully saturated rings. The van der Waals surface area contributed by atoms with Crippen molar-refractivity contribution in [3.05, 3.63) is 102 Å². The van der Waals surface area contributed by atoms with Gasteiger partial charge in [0.1, 0.15) is 0 Å². The van der Waals surface area contributed by atoms with Gasteiger partial charge in [-0.3, -0.25) is 19.6 Å². The number of benzene rings is 1. The fourth-order valence-electron chi connectivity index (χ4n) is 8.40. The molecule has 3 aromatic heterocycles. The van der Waals surface area contributed by atoms with Gasteiger partial charge >= 0.3 is 0 Å². The summed E-state index contributed by atoms with van der Waals surface area (Å²) in [5.74, 6) is 0.778. The smallest absolute Gasteiger partial charge is 0.293 e. The van der Waals surface area contributed by atoms with Crippen molar-refractivity contribution in [3.63, 3.8) is 0 Å². The molecule has 9 heteroatoms. The number of aromatic nitrogens is 4. The largest absolute Gasteiger partial charge is 0.468 e. The molecular weight excluding hydrogens is 736 g/mol. The molecule has 3 aliphatic rings. The molecule has 1 aliphatic carbocycles. The van der Waals surface area contributed by atoms with Gasteiger partial charge in [-0.15, -0.1) is 0 Å². The average molecular weight is 782 g/mol. The van der Waals surface area contributed by atoms with Crippen LogP contribution in [0.5, 0.6) is 0 Å². The van der Waals surface area contributed by atoms with Crippen molar-refractivity contribution in [2.45, 2.75) is 104 Å². The van der Waals surface area contributed by atoms with Crippen LogP contribution in [0, 0.1) is 17.4 Å². The van der Waals surface area contributed by atoms with E-state index in [0.717, 1.165) is 91.1 Å². The molecule has 0 saturated carbocycles. The van der Waals surface area contributed by atoms with E-state index in [1.807, 2.05) is 6.92 Å². The molecule has 260 valence electrons. The first-order valence-corrected chi connectivity index (χ1v) is 18.9. The Labute approximate surface area is 307 Å². The van der Waals surface area contributed by atoms with Crippen molar-refractivity contribution in [1.29, 1.82) is 0 Å². The molecule has 0 saturated heterocycles. The van der Waals surface area contributed by atoms with Crippen molar-refractivity contribution in [2.24, 2.45) is 0 Å². The van der Waals surface area contributed by atoms with Crippen molar-refractivity contribution >= 4 is 56.9 Å². The maximum atomic E-state index is 13.6. The molecule has 3 unspecified atom stereocenters. The van der Waals surface area contributed by atoms with Crippen LogP contribution < -0.4 is 0 Å². The van der Waals surface area contributed by atoms with E-state index < -0.39 is 0 Å². The predicted molar refractivity (Wildman–Crippen MR) is 205 cm³/mol. The zero-order valence-corrected chi connectivity index (χ0v) is 31.8. The summed E-state index contributed by atoms with van der Waals surface area (Å²) >= 11 is 2.34. The Morgan fingerprint density at radius 3 is 2.44 bits per heavy atom. The minimum absolute atomic E-state index is 0.0786. The summed E-state index contributed by atoms with van der Waals surface area (Å²) < 4.78 is 12.8. The van der Waals surface area contributed by atoms with Gasteiger partial charge in [-0.1, -0.05) is 32.9 Å². The van der Waals surface area contributed by atoms with E-state index in [0.29, 0.717) is 32.5 Å². The number of halogens is 1. The molecule has 2 aliphatic heterocycles. The first-order chi connectivity index (χ1) is 24.1. The molecule has 0 amide bonds. The summed E-state index contributed by atoms with van der Waals surface area (Å²) in [7, 11) is 0. The predicted octanol–water partition coefficient (Wildman–Crippen LogP) is 9.69. The number of ether oxygens (including phenoxy) is 2. The lowest BCUT2D eigenvalue weighted by Crippen LogP contribution is -2.07. The van der Waals surface area contributed by atoms with Gasteiger partial charge in [0.15, 0.2) is 5.78 Å². The van der Waals surface area contributed by atoms with Crippen LogP contribution in [0.15, 0.2) is 42.5 Å². The Balaban J connectivity index is 1.47. The third-order valence-electron chi connectivity index (χ3n) is 11.2. The maximum Gasteiger partial charge on any atom is 0.293 e. The number of nitrogens with zero attached hydrogens (tertiary/aromatic N) is 2. The highest BCUT2D eigenvalue weighted by Crippen LogP contribution is 2.45. The topological polar surface area (TPSA) is 110 Å². The molecule has 1 aromatic carbocycles. The van der Waals surface area contributed by atoms with Crippen molar-refractivity contribution < 1.29 is 19.1 Å². The number of aryl methyl sites for hydroxylation is 2. The molecule has 7 rings (SSSR count). The maximum absolute atomic E-state index is 13.6. The van der Waals surface area contributed by atoms with Crippen LogP contribution >= 0.6 is 22.6 Å². The fourth-order valence-corrected chi connectivity index (χ4v) is 9.01. The number of aromatic amines is 2. The summed E-state index contributed by atoms with van der Waals surface area (Å²) in [5.41, 5.74) is 13.9. The van der Waals surface area contributed by atoms with Crippen molar-refractivity contribution in [1.82, 2.24) is 19.9 Å². The van der Waals surface area contributed by atoms with Gasteiger partial charge in [-0.2, -0.15) is 0 Å².